The lowest BCUT2D eigenvalue weighted by Gasteiger charge is -2.18. The van der Waals surface area contributed by atoms with Crippen LogP contribution in [0.25, 0.3) is 0 Å². The molecule has 3 nitrogen and oxygen atoms in total. The van der Waals surface area contributed by atoms with Gasteiger partial charge in [-0.1, -0.05) is 24.9 Å². The molecule has 1 atom stereocenters. The van der Waals surface area contributed by atoms with Crippen molar-refractivity contribution in [3.8, 4) is 5.75 Å². The fraction of sp³-hybridized carbons (Fsp3) is 0.500. The second-order valence-corrected chi connectivity index (χ2v) is 4.49. The summed E-state index contributed by atoms with van der Waals surface area (Å²) in [7, 11) is 0. The first-order chi connectivity index (χ1) is 8.58. The molecule has 0 amide bonds. The van der Waals surface area contributed by atoms with Crippen LogP contribution in [0.15, 0.2) is 18.2 Å². The minimum Gasteiger partial charge on any atom is -0.478 e. The topological polar surface area (TPSA) is 35.5 Å². The van der Waals surface area contributed by atoms with E-state index in [1.54, 1.807) is 19.1 Å². The van der Waals surface area contributed by atoms with Crippen molar-refractivity contribution in [1.29, 1.82) is 0 Å². The third-order valence-electron chi connectivity index (χ3n) is 2.51. The number of halogens is 1. The summed E-state index contributed by atoms with van der Waals surface area (Å²) in [4.78, 5) is 11.7. The second kappa shape index (κ2) is 7.27. The van der Waals surface area contributed by atoms with Crippen LogP contribution in [-0.4, -0.2) is 18.7 Å². The number of aryl methyl sites for hydroxylation is 1. The third kappa shape index (κ3) is 4.22. The largest absolute Gasteiger partial charge is 0.478 e. The normalized spacial score (nSPS) is 12.0. The molecule has 1 rings (SSSR count). The van der Waals surface area contributed by atoms with Gasteiger partial charge in [-0.05, 0) is 44.0 Å². The van der Waals surface area contributed by atoms with E-state index < -0.39 is 6.10 Å². The van der Waals surface area contributed by atoms with Crippen LogP contribution in [0, 0.1) is 6.92 Å². The summed E-state index contributed by atoms with van der Waals surface area (Å²) in [6, 6.07) is 5.34. The molecule has 18 heavy (non-hydrogen) atoms. The monoisotopic (exact) mass is 270 g/mol. The Hall–Kier alpha value is -1.22. The fourth-order valence-corrected chi connectivity index (χ4v) is 1.85. The van der Waals surface area contributed by atoms with Crippen molar-refractivity contribution < 1.29 is 14.3 Å². The van der Waals surface area contributed by atoms with Crippen LogP contribution >= 0.6 is 11.6 Å². The van der Waals surface area contributed by atoms with Gasteiger partial charge in [-0.3, -0.25) is 0 Å². The summed E-state index contributed by atoms with van der Waals surface area (Å²) < 4.78 is 10.7. The lowest BCUT2D eigenvalue weighted by Crippen LogP contribution is -2.29. The standard InChI is InChI=1S/C14H19ClO3/c1-4-6-13(14(16)17-5-2)18-12-8-7-11(15)9-10(12)3/h7-9,13H,4-6H2,1-3H3. The van der Waals surface area contributed by atoms with Gasteiger partial charge in [0.2, 0.25) is 0 Å². The molecule has 0 radical (unpaired) electrons. The predicted molar refractivity (Wildman–Crippen MR) is 72.1 cm³/mol. The number of hydrogen-bond acceptors (Lipinski definition) is 3. The Labute approximate surface area is 113 Å². The highest BCUT2D eigenvalue weighted by molar-refractivity contribution is 6.30. The van der Waals surface area contributed by atoms with Gasteiger partial charge in [-0.2, -0.15) is 0 Å². The molecule has 0 aliphatic heterocycles. The Balaban J connectivity index is 2.79. The van der Waals surface area contributed by atoms with Gasteiger partial charge in [0.25, 0.3) is 0 Å². The van der Waals surface area contributed by atoms with Crippen LogP contribution < -0.4 is 4.74 Å². The minimum atomic E-state index is -0.546. The van der Waals surface area contributed by atoms with Crippen LogP contribution in [0.1, 0.15) is 32.3 Å². The van der Waals surface area contributed by atoms with Crippen molar-refractivity contribution in [2.24, 2.45) is 0 Å². The highest BCUT2D eigenvalue weighted by Crippen LogP contribution is 2.24. The van der Waals surface area contributed by atoms with Crippen LogP contribution in [0.4, 0.5) is 0 Å². The highest BCUT2D eigenvalue weighted by Gasteiger charge is 2.21. The first-order valence-corrected chi connectivity index (χ1v) is 6.55. The number of carbonyl (C=O) groups excluding carboxylic acids is 1. The zero-order valence-electron chi connectivity index (χ0n) is 11.0. The van der Waals surface area contributed by atoms with Gasteiger partial charge >= 0.3 is 5.97 Å². The van der Waals surface area contributed by atoms with Crippen molar-refractivity contribution in [2.75, 3.05) is 6.61 Å². The number of carbonyl (C=O) groups is 1. The zero-order chi connectivity index (χ0) is 13.5. The fourth-order valence-electron chi connectivity index (χ4n) is 1.62. The molecule has 0 aliphatic rings. The number of esters is 1. The van der Waals surface area contributed by atoms with Crippen molar-refractivity contribution >= 4 is 17.6 Å². The van der Waals surface area contributed by atoms with E-state index in [0.717, 1.165) is 12.0 Å². The van der Waals surface area contributed by atoms with Gasteiger partial charge in [0, 0.05) is 5.02 Å². The molecule has 0 N–H and O–H groups in total. The molecule has 1 aromatic rings. The first-order valence-electron chi connectivity index (χ1n) is 6.17. The van der Waals surface area contributed by atoms with Gasteiger partial charge in [-0.15, -0.1) is 0 Å². The SMILES string of the molecule is CCCC(Oc1ccc(Cl)cc1C)C(=O)OCC. The Morgan fingerprint density at radius 2 is 2.11 bits per heavy atom. The summed E-state index contributed by atoms with van der Waals surface area (Å²) in [6.45, 7) is 6.05. The molecule has 0 fully saturated rings. The van der Waals surface area contributed by atoms with Gasteiger partial charge in [-0.25, -0.2) is 4.79 Å². The average Bonchev–Trinajstić information content (AvgIpc) is 2.32. The Morgan fingerprint density at radius 1 is 1.39 bits per heavy atom. The first kappa shape index (κ1) is 14.8. The summed E-state index contributed by atoms with van der Waals surface area (Å²) in [5, 5.41) is 0.656. The van der Waals surface area contributed by atoms with Crippen molar-refractivity contribution in [3.63, 3.8) is 0 Å². The second-order valence-electron chi connectivity index (χ2n) is 4.06. The number of benzene rings is 1. The summed E-state index contributed by atoms with van der Waals surface area (Å²) in [5.41, 5.74) is 0.910. The molecule has 0 aromatic heterocycles. The highest BCUT2D eigenvalue weighted by atomic mass is 35.5. The van der Waals surface area contributed by atoms with Crippen molar-refractivity contribution in [1.82, 2.24) is 0 Å². The van der Waals surface area contributed by atoms with Gasteiger partial charge in [0.05, 0.1) is 6.61 Å². The minimum absolute atomic E-state index is 0.311. The molecular formula is C14H19ClO3. The molecule has 100 valence electrons. The smallest absolute Gasteiger partial charge is 0.347 e. The summed E-state index contributed by atoms with van der Waals surface area (Å²) in [5.74, 6) is 0.361. The molecule has 0 aliphatic carbocycles. The van der Waals surface area contributed by atoms with E-state index in [9.17, 15) is 4.79 Å². The molecule has 0 saturated carbocycles. The quantitative estimate of drug-likeness (QED) is 0.739. The van der Waals surface area contributed by atoms with E-state index in [1.165, 1.54) is 0 Å². The molecule has 0 heterocycles. The van der Waals surface area contributed by atoms with E-state index in [2.05, 4.69) is 0 Å². The molecule has 1 aromatic carbocycles. The van der Waals surface area contributed by atoms with E-state index >= 15 is 0 Å². The lowest BCUT2D eigenvalue weighted by atomic mass is 10.2. The number of hydrogen-bond donors (Lipinski definition) is 0. The van der Waals surface area contributed by atoms with Gasteiger partial charge in [0.15, 0.2) is 6.10 Å². The van der Waals surface area contributed by atoms with Crippen LogP contribution in [0.2, 0.25) is 5.02 Å². The maximum Gasteiger partial charge on any atom is 0.347 e. The van der Waals surface area contributed by atoms with Gasteiger partial charge < -0.3 is 9.47 Å². The maximum absolute atomic E-state index is 11.7. The molecule has 0 bridgehead atoms. The van der Waals surface area contributed by atoms with Crippen LogP contribution in [-0.2, 0) is 9.53 Å². The van der Waals surface area contributed by atoms with E-state index in [1.807, 2.05) is 19.9 Å². The maximum atomic E-state index is 11.7. The van der Waals surface area contributed by atoms with E-state index in [4.69, 9.17) is 21.1 Å². The third-order valence-corrected chi connectivity index (χ3v) is 2.74. The molecular weight excluding hydrogens is 252 g/mol. The molecule has 0 spiro atoms. The average molecular weight is 271 g/mol. The summed E-state index contributed by atoms with van der Waals surface area (Å²) >= 11 is 5.88. The lowest BCUT2D eigenvalue weighted by molar-refractivity contribution is -0.151. The van der Waals surface area contributed by atoms with Crippen molar-refractivity contribution in [2.45, 2.75) is 39.7 Å². The molecule has 1 unspecified atom stereocenters. The predicted octanol–water partition coefficient (Wildman–Crippen LogP) is 3.76. The van der Waals surface area contributed by atoms with Crippen LogP contribution in [0.5, 0.6) is 5.75 Å². The van der Waals surface area contributed by atoms with Crippen molar-refractivity contribution in [3.05, 3.63) is 28.8 Å². The molecule has 4 heteroatoms. The Bertz CT molecular complexity index is 404. The Morgan fingerprint density at radius 3 is 2.67 bits per heavy atom. The van der Waals surface area contributed by atoms with E-state index in [-0.39, 0.29) is 5.97 Å². The van der Waals surface area contributed by atoms with E-state index in [0.29, 0.717) is 23.8 Å². The number of ether oxygens (including phenoxy) is 2. The van der Waals surface area contributed by atoms with Crippen LogP contribution in [0.3, 0.4) is 0 Å². The summed E-state index contributed by atoms with van der Waals surface area (Å²) in [6.07, 6.45) is 0.951. The zero-order valence-corrected chi connectivity index (χ0v) is 11.8. The number of rotatable bonds is 6. The molecule has 0 saturated heterocycles. The van der Waals surface area contributed by atoms with Gasteiger partial charge in [0.1, 0.15) is 5.75 Å². The Kier molecular flexibility index (Phi) is 5.99.